The van der Waals surface area contributed by atoms with Crippen LogP contribution in [0, 0.1) is 6.92 Å². The molecule has 0 fully saturated rings. The molecular weight excluding hydrogens is 422 g/mol. The van der Waals surface area contributed by atoms with Crippen molar-refractivity contribution in [1.82, 2.24) is 24.7 Å². The van der Waals surface area contributed by atoms with Crippen molar-refractivity contribution in [2.75, 3.05) is 0 Å². The number of nitrogens with zero attached hydrogens (tertiary/aromatic N) is 4. The van der Waals surface area contributed by atoms with Crippen LogP contribution in [-0.4, -0.2) is 24.7 Å². The van der Waals surface area contributed by atoms with Gasteiger partial charge in [-0.15, -0.1) is 0 Å². The number of rotatable bonds is 6. The molecule has 0 spiro atoms. The van der Waals surface area contributed by atoms with E-state index in [0.29, 0.717) is 33.7 Å². The Balaban J connectivity index is 1.58. The molecule has 3 heterocycles. The van der Waals surface area contributed by atoms with Crippen LogP contribution in [0.1, 0.15) is 64.2 Å². The lowest BCUT2D eigenvalue weighted by Crippen LogP contribution is -2.26. The fraction of sp³-hybridized carbons (Fsp3) is 0.417. The molecule has 0 bridgehead atoms. The predicted octanol–water partition coefficient (Wildman–Crippen LogP) is 5.64. The zero-order chi connectivity index (χ0) is 23.0. The molecule has 1 aromatic carbocycles. The molecule has 1 N–H and O–H groups in total. The quantitative estimate of drug-likeness (QED) is 0.301. The molecule has 4 rings (SSSR count). The fourth-order valence-electron chi connectivity index (χ4n) is 3.54. The van der Waals surface area contributed by atoms with Gasteiger partial charge >= 0.3 is 0 Å². The lowest BCUT2D eigenvalue weighted by Gasteiger charge is -2.18. The lowest BCUT2D eigenvalue weighted by atomic mass is 9.87. The summed E-state index contributed by atoms with van der Waals surface area (Å²) in [5.74, 6) is 1.50. The van der Waals surface area contributed by atoms with E-state index in [1.165, 1.54) is 17.3 Å². The molecule has 32 heavy (non-hydrogen) atoms. The number of hydrogen-bond acceptors (Lipinski definition) is 6. The minimum Gasteiger partial charge on any atom is -0.353 e. The van der Waals surface area contributed by atoms with E-state index >= 15 is 0 Å². The highest BCUT2D eigenvalue weighted by Gasteiger charge is 2.19. The molecule has 0 radical (unpaired) electrons. The third kappa shape index (κ3) is 4.37. The van der Waals surface area contributed by atoms with Gasteiger partial charge in [0.1, 0.15) is 5.52 Å². The van der Waals surface area contributed by atoms with Crippen LogP contribution in [0.15, 0.2) is 44.8 Å². The largest absolute Gasteiger partial charge is 0.353 e. The zero-order valence-corrected chi connectivity index (χ0v) is 20.2. The number of aromatic nitrogens is 5. The predicted molar refractivity (Wildman–Crippen MR) is 128 cm³/mol. The van der Waals surface area contributed by atoms with Gasteiger partial charge < -0.3 is 9.51 Å². The number of hydrogen-bond donors (Lipinski definition) is 1. The van der Waals surface area contributed by atoms with Gasteiger partial charge in [0.15, 0.2) is 5.16 Å². The minimum absolute atomic E-state index is 0.0325. The summed E-state index contributed by atoms with van der Waals surface area (Å²) in [5, 5.41) is 4.80. The van der Waals surface area contributed by atoms with Crippen LogP contribution in [-0.2, 0) is 11.2 Å². The molecular formula is C24H29N5O2S. The molecule has 0 aliphatic rings. The van der Waals surface area contributed by atoms with Crippen LogP contribution in [0.2, 0.25) is 0 Å². The average Bonchev–Trinajstić information content (AvgIpc) is 3.37. The molecule has 168 valence electrons. The highest BCUT2D eigenvalue weighted by molar-refractivity contribution is 7.98. The zero-order valence-electron chi connectivity index (χ0n) is 19.4. The molecule has 7 nitrogen and oxygen atoms in total. The van der Waals surface area contributed by atoms with E-state index in [4.69, 9.17) is 9.51 Å². The minimum atomic E-state index is -0.0508. The van der Waals surface area contributed by atoms with Crippen molar-refractivity contribution in [2.24, 2.45) is 0 Å². The number of nitrogens with one attached hydrogen (secondary N) is 1. The molecule has 0 aliphatic carbocycles. The number of thioether (sulfide) groups is 1. The first-order valence-electron chi connectivity index (χ1n) is 10.9. The summed E-state index contributed by atoms with van der Waals surface area (Å²) in [5.41, 5.74) is 4.36. The molecule has 3 aromatic heterocycles. The van der Waals surface area contributed by atoms with E-state index in [0.717, 1.165) is 17.7 Å². The second kappa shape index (κ2) is 8.58. The number of aromatic amines is 1. The summed E-state index contributed by atoms with van der Waals surface area (Å²) in [6.45, 7) is 12.6. The molecule has 8 heteroatoms. The van der Waals surface area contributed by atoms with Gasteiger partial charge in [0.25, 0.3) is 5.56 Å². The summed E-state index contributed by atoms with van der Waals surface area (Å²) >= 11 is 1.44. The topological polar surface area (TPSA) is 89.6 Å². The molecule has 1 unspecified atom stereocenters. The first kappa shape index (κ1) is 22.3. The SMILES string of the molecule is CCC(C)n1c(SCc2nc(-c3ccc(C(C)(C)C)cc3)no2)nc2cc(C)[nH]c2c1=O. The Hall–Kier alpha value is -2.87. The number of H-pyrrole nitrogens is 1. The highest BCUT2D eigenvalue weighted by atomic mass is 32.2. The molecule has 4 aromatic rings. The van der Waals surface area contributed by atoms with Gasteiger partial charge in [-0.05, 0) is 37.3 Å². The summed E-state index contributed by atoms with van der Waals surface area (Å²) in [6.07, 6.45) is 0.829. The number of benzene rings is 1. The Bertz CT molecular complexity index is 1290. The van der Waals surface area contributed by atoms with Gasteiger partial charge in [0.2, 0.25) is 11.7 Å². The van der Waals surface area contributed by atoms with Crippen LogP contribution in [0.5, 0.6) is 0 Å². The monoisotopic (exact) mass is 451 g/mol. The maximum absolute atomic E-state index is 13.1. The Kier molecular flexibility index (Phi) is 5.99. The molecule has 0 amide bonds. The van der Waals surface area contributed by atoms with Crippen LogP contribution >= 0.6 is 11.8 Å². The Morgan fingerprint density at radius 2 is 1.91 bits per heavy atom. The van der Waals surface area contributed by atoms with Gasteiger partial charge in [-0.1, -0.05) is 68.9 Å². The molecule has 0 saturated carbocycles. The second-order valence-electron chi connectivity index (χ2n) is 9.17. The smallest absolute Gasteiger partial charge is 0.278 e. The maximum Gasteiger partial charge on any atom is 0.278 e. The van der Waals surface area contributed by atoms with E-state index in [1.54, 1.807) is 4.57 Å². The summed E-state index contributed by atoms with van der Waals surface area (Å²) in [4.78, 5) is 25.5. The Labute approximate surface area is 191 Å². The van der Waals surface area contributed by atoms with Crippen molar-refractivity contribution in [3.63, 3.8) is 0 Å². The Morgan fingerprint density at radius 1 is 1.19 bits per heavy atom. The lowest BCUT2D eigenvalue weighted by molar-refractivity contribution is 0.391. The van der Waals surface area contributed by atoms with Gasteiger partial charge in [-0.3, -0.25) is 9.36 Å². The van der Waals surface area contributed by atoms with Crippen molar-refractivity contribution in [1.29, 1.82) is 0 Å². The van der Waals surface area contributed by atoms with Gasteiger partial charge in [-0.2, -0.15) is 4.98 Å². The molecule has 0 saturated heterocycles. The van der Waals surface area contributed by atoms with E-state index in [-0.39, 0.29) is 17.0 Å². The van der Waals surface area contributed by atoms with Gasteiger partial charge in [0, 0.05) is 17.3 Å². The number of aryl methyl sites for hydroxylation is 1. The summed E-state index contributed by atoms with van der Waals surface area (Å²) in [6, 6.07) is 10.2. The van der Waals surface area contributed by atoms with E-state index in [1.807, 2.05) is 32.0 Å². The van der Waals surface area contributed by atoms with E-state index in [2.05, 4.69) is 55.0 Å². The van der Waals surface area contributed by atoms with Gasteiger partial charge in [0.05, 0.1) is 11.3 Å². The van der Waals surface area contributed by atoms with Crippen molar-refractivity contribution in [3.8, 4) is 11.4 Å². The second-order valence-corrected chi connectivity index (χ2v) is 10.1. The van der Waals surface area contributed by atoms with Crippen molar-refractivity contribution in [2.45, 2.75) is 70.3 Å². The first-order valence-corrected chi connectivity index (χ1v) is 11.8. The highest BCUT2D eigenvalue weighted by Crippen LogP contribution is 2.27. The first-order chi connectivity index (χ1) is 15.2. The van der Waals surface area contributed by atoms with E-state index in [9.17, 15) is 4.79 Å². The maximum atomic E-state index is 13.1. The molecule has 1 atom stereocenters. The standard InChI is InChI=1S/C24H29N5O2S/c1-7-15(3)29-22(30)20-18(12-14(2)25-20)26-23(29)32-13-19-27-21(28-31-19)16-8-10-17(11-9-16)24(4,5)6/h8-12,15,25H,7,13H2,1-6H3. The summed E-state index contributed by atoms with van der Waals surface area (Å²) in [7, 11) is 0. The average molecular weight is 452 g/mol. The van der Waals surface area contributed by atoms with Crippen molar-refractivity contribution < 1.29 is 4.52 Å². The normalized spacial score (nSPS) is 13.1. The third-order valence-electron chi connectivity index (χ3n) is 5.62. The van der Waals surface area contributed by atoms with Crippen molar-refractivity contribution in [3.05, 3.63) is 57.8 Å². The van der Waals surface area contributed by atoms with Crippen LogP contribution in [0.3, 0.4) is 0 Å². The van der Waals surface area contributed by atoms with Crippen LogP contribution < -0.4 is 5.56 Å². The third-order valence-corrected chi connectivity index (χ3v) is 6.56. The fourth-order valence-corrected chi connectivity index (χ4v) is 4.47. The molecule has 0 aliphatic heterocycles. The van der Waals surface area contributed by atoms with E-state index < -0.39 is 0 Å². The Morgan fingerprint density at radius 3 is 2.56 bits per heavy atom. The number of fused-ring (bicyclic) bond motifs is 1. The summed E-state index contributed by atoms with van der Waals surface area (Å²) < 4.78 is 7.24. The van der Waals surface area contributed by atoms with Crippen LogP contribution in [0.4, 0.5) is 0 Å². The van der Waals surface area contributed by atoms with Gasteiger partial charge in [-0.25, -0.2) is 4.98 Å². The van der Waals surface area contributed by atoms with Crippen molar-refractivity contribution >= 4 is 22.8 Å². The van der Waals surface area contributed by atoms with Crippen LogP contribution in [0.25, 0.3) is 22.4 Å².